The highest BCUT2D eigenvalue weighted by Crippen LogP contribution is 2.11. The Morgan fingerprint density at radius 2 is 2.32 bits per heavy atom. The molecule has 1 saturated heterocycles. The molecule has 2 amide bonds. The lowest BCUT2D eigenvalue weighted by Gasteiger charge is -2.14. The summed E-state index contributed by atoms with van der Waals surface area (Å²) in [5, 5.41) is 2.87. The first-order valence-electron chi connectivity index (χ1n) is 7.61. The first-order valence-corrected chi connectivity index (χ1v) is 7.61. The number of carbonyl (C=O) groups is 2. The molecule has 1 aliphatic rings. The van der Waals surface area contributed by atoms with E-state index in [1.165, 1.54) is 0 Å². The average molecular weight is 300 g/mol. The predicted octanol–water partition coefficient (Wildman–Crippen LogP) is 1.27. The third-order valence-corrected chi connectivity index (χ3v) is 3.97. The summed E-state index contributed by atoms with van der Waals surface area (Å²) in [5.74, 6) is 0.108. The molecule has 3 rings (SSSR count). The summed E-state index contributed by atoms with van der Waals surface area (Å²) in [5.41, 5.74) is 2.85. The summed E-state index contributed by atoms with van der Waals surface area (Å²) < 4.78 is 1.96. The summed E-state index contributed by atoms with van der Waals surface area (Å²) in [4.78, 5) is 29.6. The number of likely N-dealkylation sites (tertiary alicyclic amines) is 1. The number of rotatable bonds is 5. The molecule has 0 radical (unpaired) electrons. The standard InChI is InChI=1S/C16H20N4O2/c1-12-4-2-8-20-11-13(18-16(12)20)10-17-14(21)6-9-19-7-3-5-15(19)22/h2,4,8,11H,3,5-7,9-10H2,1H3,(H,17,21). The summed E-state index contributed by atoms with van der Waals surface area (Å²) in [6.07, 6.45) is 5.73. The van der Waals surface area contributed by atoms with Gasteiger partial charge in [-0.2, -0.15) is 0 Å². The fourth-order valence-corrected chi connectivity index (χ4v) is 2.74. The number of imidazole rings is 1. The summed E-state index contributed by atoms with van der Waals surface area (Å²) >= 11 is 0. The second kappa shape index (κ2) is 6.17. The molecule has 116 valence electrons. The van der Waals surface area contributed by atoms with Gasteiger partial charge in [-0.05, 0) is 25.0 Å². The molecule has 0 atom stereocenters. The highest BCUT2D eigenvalue weighted by molar-refractivity contribution is 5.80. The summed E-state index contributed by atoms with van der Waals surface area (Å²) in [6, 6.07) is 3.98. The molecule has 0 saturated carbocycles. The van der Waals surface area contributed by atoms with Crippen LogP contribution in [0, 0.1) is 6.92 Å². The second-order valence-electron chi connectivity index (χ2n) is 5.67. The molecule has 1 fully saturated rings. The van der Waals surface area contributed by atoms with Crippen LogP contribution in [0.3, 0.4) is 0 Å². The molecule has 1 N–H and O–H groups in total. The van der Waals surface area contributed by atoms with Crippen molar-refractivity contribution in [1.29, 1.82) is 0 Å². The van der Waals surface area contributed by atoms with E-state index in [1.54, 1.807) is 4.90 Å². The number of hydrogen-bond acceptors (Lipinski definition) is 3. The number of fused-ring (bicyclic) bond motifs is 1. The molecular formula is C16H20N4O2. The Balaban J connectivity index is 1.51. The van der Waals surface area contributed by atoms with Crippen LogP contribution in [0.2, 0.25) is 0 Å². The van der Waals surface area contributed by atoms with Crippen LogP contribution < -0.4 is 5.32 Å². The number of nitrogens with zero attached hydrogens (tertiary/aromatic N) is 3. The topological polar surface area (TPSA) is 66.7 Å². The van der Waals surface area contributed by atoms with E-state index in [1.807, 2.05) is 35.9 Å². The number of carbonyl (C=O) groups excluding carboxylic acids is 2. The molecule has 0 aromatic carbocycles. The van der Waals surface area contributed by atoms with Crippen LogP contribution >= 0.6 is 0 Å². The molecular weight excluding hydrogens is 280 g/mol. The van der Waals surface area contributed by atoms with Crippen molar-refractivity contribution in [2.45, 2.75) is 32.7 Å². The van der Waals surface area contributed by atoms with Crippen molar-refractivity contribution in [3.8, 4) is 0 Å². The van der Waals surface area contributed by atoms with Crippen LogP contribution in [0.15, 0.2) is 24.5 Å². The van der Waals surface area contributed by atoms with E-state index >= 15 is 0 Å². The summed E-state index contributed by atoms with van der Waals surface area (Å²) in [7, 11) is 0. The highest BCUT2D eigenvalue weighted by Gasteiger charge is 2.20. The van der Waals surface area contributed by atoms with Crippen molar-refractivity contribution in [3.63, 3.8) is 0 Å². The smallest absolute Gasteiger partial charge is 0.222 e. The number of nitrogens with one attached hydrogen (secondary N) is 1. The zero-order chi connectivity index (χ0) is 15.5. The molecule has 0 unspecified atom stereocenters. The minimum atomic E-state index is -0.0477. The average Bonchev–Trinajstić information content (AvgIpc) is 3.10. The lowest BCUT2D eigenvalue weighted by molar-refractivity contribution is -0.128. The van der Waals surface area contributed by atoms with Crippen molar-refractivity contribution in [1.82, 2.24) is 19.6 Å². The Morgan fingerprint density at radius 1 is 1.45 bits per heavy atom. The molecule has 0 bridgehead atoms. The molecule has 2 aromatic heterocycles. The van der Waals surface area contributed by atoms with Gasteiger partial charge in [0, 0.05) is 38.3 Å². The Morgan fingerprint density at radius 3 is 3.05 bits per heavy atom. The maximum atomic E-state index is 11.9. The zero-order valence-electron chi connectivity index (χ0n) is 12.7. The Bertz CT molecular complexity index is 707. The maximum absolute atomic E-state index is 11.9. The van der Waals surface area contributed by atoms with Crippen LogP contribution in [-0.4, -0.2) is 39.2 Å². The number of hydrogen-bond donors (Lipinski definition) is 1. The largest absolute Gasteiger partial charge is 0.350 e. The van der Waals surface area contributed by atoms with Crippen molar-refractivity contribution >= 4 is 17.5 Å². The number of aromatic nitrogens is 2. The third kappa shape index (κ3) is 3.10. The lowest BCUT2D eigenvalue weighted by Crippen LogP contribution is -2.31. The highest BCUT2D eigenvalue weighted by atomic mass is 16.2. The molecule has 6 nitrogen and oxygen atoms in total. The van der Waals surface area contributed by atoms with E-state index in [-0.39, 0.29) is 11.8 Å². The van der Waals surface area contributed by atoms with Crippen molar-refractivity contribution in [3.05, 3.63) is 35.8 Å². The van der Waals surface area contributed by atoms with Gasteiger partial charge < -0.3 is 14.6 Å². The Hall–Kier alpha value is -2.37. The fourth-order valence-electron chi connectivity index (χ4n) is 2.74. The number of aryl methyl sites for hydroxylation is 1. The maximum Gasteiger partial charge on any atom is 0.222 e. The molecule has 0 aliphatic carbocycles. The predicted molar refractivity (Wildman–Crippen MR) is 82.2 cm³/mol. The molecule has 0 spiro atoms. The van der Waals surface area contributed by atoms with E-state index < -0.39 is 0 Å². The third-order valence-electron chi connectivity index (χ3n) is 3.97. The van der Waals surface area contributed by atoms with Crippen molar-refractivity contribution in [2.75, 3.05) is 13.1 Å². The van der Waals surface area contributed by atoms with Crippen LogP contribution in [0.5, 0.6) is 0 Å². The lowest BCUT2D eigenvalue weighted by atomic mass is 10.3. The number of pyridine rings is 1. The zero-order valence-corrected chi connectivity index (χ0v) is 12.7. The first kappa shape index (κ1) is 14.6. The Labute approximate surface area is 129 Å². The van der Waals surface area contributed by atoms with Gasteiger partial charge in [0.2, 0.25) is 11.8 Å². The van der Waals surface area contributed by atoms with Gasteiger partial charge >= 0.3 is 0 Å². The molecule has 1 aliphatic heterocycles. The summed E-state index contributed by atoms with van der Waals surface area (Å²) in [6.45, 7) is 3.71. The molecule has 22 heavy (non-hydrogen) atoms. The second-order valence-corrected chi connectivity index (χ2v) is 5.67. The fraction of sp³-hybridized carbons (Fsp3) is 0.438. The quantitative estimate of drug-likeness (QED) is 0.904. The van der Waals surface area contributed by atoms with Gasteiger partial charge in [-0.15, -0.1) is 0 Å². The van der Waals surface area contributed by atoms with E-state index in [9.17, 15) is 9.59 Å². The van der Waals surface area contributed by atoms with Crippen LogP contribution in [0.1, 0.15) is 30.5 Å². The van der Waals surface area contributed by atoms with Crippen molar-refractivity contribution < 1.29 is 9.59 Å². The molecule has 6 heteroatoms. The van der Waals surface area contributed by atoms with Gasteiger partial charge in [-0.25, -0.2) is 4.98 Å². The van der Waals surface area contributed by atoms with Gasteiger partial charge in [0.15, 0.2) is 0 Å². The van der Waals surface area contributed by atoms with Gasteiger partial charge in [-0.1, -0.05) is 6.07 Å². The van der Waals surface area contributed by atoms with Gasteiger partial charge in [0.25, 0.3) is 0 Å². The minimum absolute atomic E-state index is 0.0477. The van der Waals surface area contributed by atoms with Gasteiger partial charge in [-0.3, -0.25) is 9.59 Å². The molecule has 2 aromatic rings. The molecule has 3 heterocycles. The van der Waals surface area contributed by atoms with Crippen LogP contribution in [0.4, 0.5) is 0 Å². The van der Waals surface area contributed by atoms with Crippen LogP contribution in [0.25, 0.3) is 5.65 Å². The van der Waals surface area contributed by atoms with E-state index in [0.29, 0.717) is 25.9 Å². The monoisotopic (exact) mass is 300 g/mol. The van der Waals surface area contributed by atoms with E-state index in [0.717, 1.165) is 29.9 Å². The minimum Gasteiger partial charge on any atom is -0.350 e. The van der Waals surface area contributed by atoms with Crippen LogP contribution in [-0.2, 0) is 16.1 Å². The van der Waals surface area contributed by atoms with Crippen molar-refractivity contribution in [2.24, 2.45) is 0 Å². The first-order chi connectivity index (χ1) is 10.6. The number of amides is 2. The van der Waals surface area contributed by atoms with E-state index in [4.69, 9.17) is 0 Å². The van der Waals surface area contributed by atoms with Gasteiger partial charge in [0.1, 0.15) is 5.65 Å². The van der Waals surface area contributed by atoms with E-state index in [2.05, 4.69) is 10.3 Å². The SMILES string of the molecule is Cc1cccn2cc(CNC(=O)CCN3CCCC3=O)nc12. The Kier molecular flexibility index (Phi) is 4.09. The normalized spacial score (nSPS) is 14.8. The van der Waals surface area contributed by atoms with Gasteiger partial charge in [0.05, 0.1) is 12.2 Å².